The first-order chi connectivity index (χ1) is 25.2. The number of rotatable bonds is 10. The Morgan fingerprint density at radius 2 is 1.60 bits per heavy atom. The number of alkyl halides is 5. The van der Waals surface area contributed by atoms with E-state index in [0.29, 0.717) is 54.2 Å². The number of aliphatic carboxylic acids is 1. The van der Waals surface area contributed by atoms with Crippen LogP contribution >= 0.6 is 0 Å². The molecular weight excluding hydrogens is 695 g/mol. The van der Waals surface area contributed by atoms with Crippen LogP contribution in [0.15, 0.2) is 36.5 Å². The third-order valence-electron chi connectivity index (χ3n) is 13.3. The maximum atomic E-state index is 14.8. The van der Waals surface area contributed by atoms with Crippen molar-refractivity contribution in [2.24, 2.45) is 23.7 Å². The third-order valence-corrected chi connectivity index (χ3v) is 13.3. The molecule has 1 aliphatic heterocycles. The topological polar surface area (TPSA) is 96.7 Å². The van der Waals surface area contributed by atoms with Gasteiger partial charge in [0.25, 0.3) is 11.8 Å². The Bertz CT molecular complexity index is 1860. The number of carbonyl (C=O) groups excluding carboxylic acids is 1. The number of nitrogens with one attached hydrogen (secondary N) is 1. The molecule has 6 aliphatic rings. The summed E-state index contributed by atoms with van der Waals surface area (Å²) in [5.41, 5.74) is -2.32. The molecular formula is C40H47F5N4O4. The van der Waals surface area contributed by atoms with E-state index >= 15 is 0 Å². The van der Waals surface area contributed by atoms with Crippen molar-refractivity contribution >= 4 is 22.8 Å². The molecule has 1 saturated heterocycles. The van der Waals surface area contributed by atoms with E-state index in [4.69, 9.17) is 4.74 Å². The highest BCUT2D eigenvalue weighted by molar-refractivity contribution is 6.00. The molecule has 1 aromatic carbocycles. The standard InChI is InChI=1S/C40H47F5N4O4/c1-3-26(4-2)49-19-32(30-10-9-29(18-34(30)49)53-28-7-5-27(6-8-28)48-20-38(41,42)21-48)33-12-11-31(35(46-33)40(43,44)45)36(50)47-39(37(51)52)24-14-22-13-23(16-24)17-25(39)15-22/h9-12,18-19,22-28H,3-8,13-17,20-21H2,1-2H3,(H,47,50)(H,51,52). The lowest BCUT2D eigenvalue weighted by atomic mass is 9.48. The van der Waals surface area contributed by atoms with Crippen molar-refractivity contribution in [1.29, 1.82) is 0 Å². The molecule has 0 radical (unpaired) electrons. The number of amides is 1. The predicted octanol–water partition coefficient (Wildman–Crippen LogP) is 8.73. The summed E-state index contributed by atoms with van der Waals surface area (Å²) in [5.74, 6) is -4.05. The number of ether oxygens (including phenoxy) is 1. The van der Waals surface area contributed by atoms with Gasteiger partial charge in [0.1, 0.15) is 11.3 Å². The molecule has 0 atom stereocenters. The van der Waals surface area contributed by atoms with Gasteiger partial charge in [0.05, 0.1) is 36.0 Å². The van der Waals surface area contributed by atoms with Crippen LogP contribution in [-0.2, 0) is 11.0 Å². The van der Waals surface area contributed by atoms with Gasteiger partial charge in [-0.1, -0.05) is 13.8 Å². The summed E-state index contributed by atoms with van der Waals surface area (Å²) in [6, 6.07) is 8.25. The second-order valence-corrected chi connectivity index (χ2v) is 16.4. The maximum Gasteiger partial charge on any atom is 0.434 e. The van der Waals surface area contributed by atoms with Gasteiger partial charge in [0.2, 0.25) is 0 Å². The molecule has 4 bridgehead atoms. The van der Waals surface area contributed by atoms with Crippen molar-refractivity contribution < 1.29 is 41.4 Å². The molecule has 9 rings (SSSR count). The van der Waals surface area contributed by atoms with Crippen LogP contribution in [0, 0.1) is 23.7 Å². The van der Waals surface area contributed by atoms with Crippen LogP contribution in [0.3, 0.4) is 0 Å². The largest absolute Gasteiger partial charge is 0.490 e. The summed E-state index contributed by atoms with van der Waals surface area (Å²) in [4.78, 5) is 32.6. The van der Waals surface area contributed by atoms with Gasteiger partial charge >= 0.3 is 12.1 Å². The zero-order valence-corrected chi connectivity index (χ0v) is 30.1. The van der Waals surface area contributed by atoms with Gasteiger partial charge in [-0.25, -0.2) is 18.6 Å². The molecule has 3 heterocycles. The monoisotopic (exact) mass is 742 g/mol. The van der Waals surface area contributed by atoms with Crippen molar-refractivity contribution in [3.05, 3.63) is 47.8 Å². The molecule has 53 heavy (non-hydrogen) atoms. The van der Waals surface area contributed by atoms with E-state index in [1.54, 1.807) is 6.07 Å². The Labute approximate surface area is 305 Å². The summed E-state index contributed by atoms with van der Waals surface area (Å²) in [6.45, 7) is 3.73. The highest BCUT2D eigenvalue weighted by Gasteiger charge is 2.62. The van der Waals surface area contributed by atoms with Crippen LogP contribution in [-0.4, -0.2) is 68.1 Å². The van der Waals surface area contributed by atoms with Gasteiger partial charge in [-0.05, 0) is 119 Å². The van der Waals surface area contributed by atoms with Gasteiger partial charge in [0, 0.05) is 35.3 Å². The maximum absolute atomic E-state index is 14.8. The van der Waals surface area contributed by atoms with E-state index in [1.165, 1.54) is 6.07 Å². The minimum absolute atomic E-state index is 0.0481. The quantitative estimate of drug-likeness (QED) is 0.202. The summed E-state index contributed by atoms with van der Waals surface area (Å²) in [5, 5.41) is 13.8. The van der Waals surface area contributed by atoms with Crippen LogP contribution in [0.5, 0.6) is 5.75 Å². The summed E-state index contributed by atoms with van der Waals surface area (Å²) < 4.78 is 79.6. The summed E-state index contributed by atoms with van der Waals surface area (Å²) in [7, 11) is 0. The number of carboxylic acids is 1. The molecule has 13 heteroatoms. The first-order valence-electron chi connectivity index (χ1n) is 19.3. The summed E-state index contributed by atoms with van der Waals surface area (Å²) in [6.07, 6.45) is 5.01. The Morgan fingerprint density at radius 1 is 0.962 bits per heavy atom. The van der Waals surface area contributed by atoms with E-state index in [1.807, 2.05) is 37.1 Å². The lowest BCUT2D eigenvalue weighted by Gasteiger charge is -2.59. The number of hydrogen-bond acceptors (Lipinski definition) is 5. The molecule has 2 aromatic heterocycles. The number of aromatic nitrogens is 2. The van der Waals surface area contributed by atoms with E-state index in [0.717, 1.165) is 56.5 Å². The van der Waals surface area contributed by atoms with Crippen LogP contribution in [0.1, 0.15) is 107 Å². The average Bonchev–Trinajstić information content (AvgIpc) is 3.47. The lowest BCUT2D eigenvalue weighted by molar-refractivity contribution is -0.163. The second kappa shape index (κ2) is 13.2. The number of benzene rings is 1. The number of carbonyl (C=O) groups is 2. The van der Waals surface area contributed by atoms with E-state index in [2.05, 4.69) is 14.9 Å². The molecule has 2 N–H and O–H groups in total. The molecule has 0 unspecified atom stereocenters. The lowest BCUT2D eigenvalue weighted by Crippen LogP contribution is -2.70. The number of likely N-dealkylation sites (tertiary alicyclic amines) is 1. The Balaban J connectivity index is 1.08. The molecule has 1 amide bonds. The third kappa shape index (κ3) is 6.38. The van der Waals surface area contributed by atoms with Crippen molar-refractivity contribution in [2.75, 3.05) is 13.1 Å². The first kappa shape index (κ1) is 36.2. The fraction of sp³-hybridized carbons (Fsp3) is 0.625. The summed E-state index contributed by atoms with van der Waals surface area (Å²) >= 11 is 0. The number of carboxylic acid groups (broad SMARTS) is 1. The number of nitrogens with zero attached hydrogens (tertiary/aromatic N) is 3. The second-order valence-electron chi connectivity index (χ2n) is 16.4. The minimum atomic E-state index is -4.98. The molecule has 8 nitrogen and oxygen atoms in total. The van der Waals surface area contributed by atoms with E-state index in [-0.39, 0.29) is 48.8 Å². The van der Waals surface area contributed by atoms with Gasteiger partial charge in [-0.3, -0.25) is 9.69 Å². The molecule has 3 aromatic rings. The Hall–Kier alpha value is -3.74. The van der Waals surface area contributed by atoms with Crippen molar-refractivity contribution in [1.82, 2.24) is 19.8 Å². The van der Waals surface area contributed by atoms with E-state index in [9.17, 15) is 36.6 Å². The van der Waals surface area contributed by atoms with Gasteiger partial charge < -0.3 is 19.7 Å². The molecule has 5 aliphatic carbocycles. The zero-order valence-electron chi connectivity index (χ0n) is 30.1. The Kier molecular flexibility index (Phi) is 9.05. The van der Waals surface area contributed by atoms with Crippen molar-refractivity contribution in [2.45, 2.75) is 120 Å². The SMILES string of the molecule is CCC(CC)n1cc(-c2ccc(C(=O)NC3(C(=O)O)C4CC5CC(C4)CC3C5)c(C(F)(F)F)n2)c2ccc(OC3CCC(N4CC(F)(F)C4)CC3)cc21. The minimum Gasteiger partial charge on any atom is -0.490 e. The van der Waals surface area contributed by atoms with Crippen LogP contribution < -0.4 is 10.1 Å². The first-order valence-corrected chi connectivity index (χ1v) is 19.3. The number of hydrogen-bond donors (Lipinski definition) is 2. The fourth-order valence-electron chi connectivity index (χ4n) is 10.8. The Morgan fingerprint density at radius 3 is 2.17 bits per heavy atom. The van der Waals surface area contributed by atoms with Gasteiger partial charge in [0.15, 0.2) is 5.69 Å². The van der Waals surface area contributed by atoms with Gasteiger partial charge in [-0.2, -0.15) is 13.2 Å². The van der Waals surface area contributed by atoms with Crippen molar-refractivity contribution in [3.8, 4) is 17.0 Å². The zero-order chi connectivity index (χ0) is 37.4. The average molecular weight is 743 g/mol. The molecule has 6 fully saturated rings. The molecule has 0 spiro atoms. The van der Waals surface area contributed by atoms with Crippen molar-refractivity contribution in [3.63, 3.8) is 0 Å². The van der Waals surface area contributed by atoms with E-state index < -0.39 is 40.8 Å². The highest BCUT2D eigenvalue weighted by atomic mass is 19.4. The molecule has 286 valence electrons. The van der Waals surface area contributed by atoms with Gasteiger partial charge in [-0.15, -0.1) is 0 Å². The molecule has 5 saturated carbocycles. The highest BCUT2D eigenvalue weighted by Crippen LogP contribution is 2.58. The fourth-order valence-corrected chi connectivity index (χ4v) is 10.8. The van der Waals surface area contributed by atoms with Crippen LogP contribution in [0.2, 0.25) is 0 Å². The van der Waals surface area contributed by atoms with Crippen LogP contribution in [0.25, 0.3) is 22.2 Å². The smallest absolute Gasteiger partial charge is 0.434 e. The number of pyridine rings is 1. The number of halogens is 5. The van der Waals surface area contributed by atoms with Crippen LogP contribution in [0.4, 0.5) is 22.0 Å². The predicted molar refractivity (Wildman–Crippen MR) is 188 cm³/mol. The number of fused-ring (bicyclic) bond motifs is 1. The normalized spacial score (nSPS) is 30.8.